The van der Waals surface area contributed by atoms with E-state index >= 15 is 0 Å². The molecule has 5 heteroatoms. The van der Waals surface area contributed by atoms with Gasteiger partial charge in [-0.2, -0.15) is 0 Å². The molecule has 124 valence electrons. The van der Waals surface area contributed by atoms with Gasteiger partial charge >= 0.3 is 0 Å². The molecule has 0 saturated carbocycles. The minimum Gasteiger partial charge on any atom is -0.497 e. The van der Waals surface area contributed by atoms with Crippen molar-refractivity contribution in [3.63, 3.8) is 0 Å². The molecule has 1 aliphatic rings. The van der Waals surface area contributed by atoms with Gasteiger partial charge in [-0.15, -0.1) is 0 Å². The molecule has 0 N–H and O–H groups in total. The maximum atomic E-state index is 5.79. The molecule has 0 saturated heterocycles. The molecule has 0 bridgehead atoms. The Morgan fingerprint density at radius 2 is 1.92 bits per heavy atom. The van der Waals surface area contributed by atoms with Crippen molar-refractivity contribution < 1.29 is 13.9 Å². The monoisotopic (exact) mass is 324 g/mol. The predicted molar refractivity (Wildman–Crippen MR) is 90.7 cm³/mol. The van der Waals surface area contributed by atoms with Crippen LogP contribution in [-0.2, 0) is 13.0 Å². The van der Waals surface area contributed by atoms with E-state index in [-0.39, 0.29) is 0 Å². The van der Waals surface area contributed by atoms with E-state index in [9.17, 15) is 0 Å². The Labute approximate surface area is 140 Å². The highest BCUT2D eigenvalue weighted by atomic mass is 16.6. The van der Waals surface area contributed by atoms with Crippen molar-refractivity contribution in [2.24, 2.45) is 0 Å². The Balaban J connectivity index is 1.60. The van der Waals surface area contributed by atoms with Gasteiger partial charge in [0.2, 0.25) is 0 Å². The maximum Gasteiger partial charge on any atom is 0.290 e. The molecule has 24 heavy (non-hydrogen) atoms. The lowest BCUT2D eigenvalue weighted by atomic mass is 10.1. The van der Waals surface area contributed by atoms with Crippen LogP contribution in [0.3, 0.4) is 0 Å². The second-order valence-corrected chi connectivity index (χ2v) is 6.00. The van der Waals surface area contributed by atoms with Gasteiger partial charge in [0.05, 0.1) is 18.5 Å². The Bertz CT molecular complexity index is 846. The van der Waals surface area contributed by atoms with E-state index < -0.39 is 0 Å². The van der Waals surface area contributed by atoms with Gasteiger partial charge in [-0.3, -0.25) is 0 Å². The molecule has 0 atom stereocenters. The minimum absolute atomic E-state index is 0.473. The average molecular weight is 324 g/mol. The highest BCUT2D eigenvalue weighted by Gasteiger charge is 2.20. The summed E-state index contributed by atoms with van der Waals surface area (Å²) < 4.78 is 18.8. The summed E-state index contributed by atoms with van der Waals surface area (Å²) in [5.74, 6) is 3.15. The van der Waals surface area contributed by atoms with Gasteiger partial charge in [-0.1, -0.05) is 0 Å². The fraction of sp³-hybridized carbons (Fsp3) is 0.316. The maximum absolute atomic E-state index is 5.79. The van der Waals surface area contributed by atoms with Crippen LogP contribution in [0.4, 0.5) is 0 Å². The fourth-order valence-corrected chi connectivity index (χ4v) is 3.23. The number of hydrogen-bond donors (Lipinski definition) is 0. The summed E-state index contributed by atoms with van der Waals surface area (Å²) in [6, 6.07) is 9.35. The van der Waals surface area contributed by atoms with Crippen LogP contribution >= 0.6 is 0 Å². The molecule has 2 aromatic heterocycles. The van der Waals surface area contributed by atoms with Gasteiger partial charge in [0, 0.05) is 24.6 Å². The number of ether oxygens (including phenoxy) is 2. The van der Waals surface area contributed by atoms with E-state index in [1.165, 1.54) is 18.7 Å². The number of benzene rings is 1. The highest BCUT2D eigenvalue weighted by Crippen LogP contribution is 2.33. The molecule has 3 aromatic rings. The van der Waals surface area contributed by atoms with Crippen LogP contribution in [0, 0.1) is 6.92 Å². The largest absolute Gasteiger partial charge is 0.497 e. The molecule has 0 unspecified atom stereocenters. The lowest BCUT2D eigenvalue weighted by Crippen LogP contribution is -2.11. The SMILES string of the molecule is COc1ccc(Oc2cc(-c3c(C)nc4n3CCCC4)co2)cc1. The number of nitrogens with zero attached hydrogens (tertiary/aromatic N) is 2. The number of imidazole rings is 1. The average Bonchev–Trinajstić information content (AvgIpc) is 3.18. The lowest BCUT2D eigenvalue weighted by molar-refractivity contribution is 0.346. The van der Waals surface area contributed by atoms with Crippen molar-refractivity contribution in [2.75, 3.05) is 7.11 Å². The summed E-state index contributed by atoms with van der Waals surface area (Å²) in [6.45, 7) is 3.07. The molecule has 1 aromatic carbocycles. The zero-order valence-corrected chi connectivity index (χ0v) is 13.9. The molecule has 4 rings (SSSR count). The van der Waals surface area contributed by atoms with Gasteiger partial charge in [-0.25, -0.2) is 4.98 Å². The van der Waals surface area contributed by atoms with Gasteiger partial charge < -0.3 is 18.5 Å². The number of methoxy groups -OCH3 is 1. The molecule has 0 spiro atoms. The summed E-state index contributed by atoms with van der Waals surface area (Å²) in [6.07, 6.45) is 5.20. The van der Waals surface area contributed by atoms with Crippen LogP contribution in [0.1, 0.15) is 24.4 Å². The summed E-state index contributed by atoms with van der Waals surface area (Å²) in [4.78, 5) is 4.71. The topological polar surface area (TPSA) is 49.4 Å². The molecule has 0 aliphatic carbocycles. The third-order valence-electron chi connectivity index (χ3n) is 4.38. The van der Waals surface area contributed by atoms with Crippen molar-refractivity contribution in [1.29, 1.82) is 0 Å². The smallest absolute Gasteiger partial charge is 0.290 e. The van der Waals surface area contributed by atoms with E-state index in [1.807, 2.05) is 30.3 Å². The second kappa shape index (κ2) is 6.07. The van der Waals surface area contributed by atoms with Crippen molar-refractivity contribution in [2.45, 2.75) is 32.7 Å². The summed E-state index contributed by atoms with van der Waals surface area (Å²) in [5, 5.41) is 0. The quantitative estimate of drug-likeness (QED) is 0.704. The summed E-state index contributed by atoms with van der Waals surface area (Å²) in [5.41, 5.74) is 3.19. The molecule has 0 amide bonds. The molecular formula is C19H20N2O3. The van der Waals surface area contributed by atoms with Crippen LogP contribution in [0.25, 0.3) is 11.3 Å². The number of aromatic nitrogens is 2. The molecule has 0 fully saturated rings. The number of furan rings is 1. The highest BCUT2D eigenvalue weighted by molar-refractivity contribution is 5.63. The lowest BCUT2D eigenvalue weighted by Gasteiger charge is -2.15. The van der Waals surface area contributed by atoms with Gasteiger partial charge in [0.15, 0.2) is 0 Å². The summed E-state index contributed by atoms with van der Waals surface area (Å²) >= 11 is 0. The van der Waals surface area contributed by atoms with E-state index in [1.54, 1.807) is 13.4 Å². The zero-order valence-electron chi connectivity index (χ0n) is 13.9. The minimum atomic E-state index is 0.473. The zero-order chi connectivity index (χ0) is 16.5. The van der Waals surface area contributed by atoms with Gasteiger partial charge in [0.25, 0.3) is 5.95 Å². The van der Waals surface area contributed by atoms with Crippen molar-refractivity contribution in [3.8, 4) is 28.7 Å². The van der Waals surface area contributed by atoms with E-state index in [2.05, 4.69) is 11.5 Å². The van der Waals surface area contributed by atoms with Crippen LogP contribution in [-0.4, -0.2) is 16.7 Å². The standard InChI is InChI=1S/C19H20N2O3/c1-13-19(21-10-4-3-5-17(21)20-13)14-11-18(23-12-14)24-16-8-6-15(22-2)7-9-16/h6-9,11-12H,3-5,10H2,1-2H3. The Kier molecular flexibility index (Phi) is 3.76. The fourth-order valence-electron chi connectivity index (χ4n) is 3.23. The van der Waals surface area contributed by atoms with Crippen molar-refractivity contribution >= 4 is 0 Å². The first kappa shape index (κ1) is 14.9. The predicted octanol–water partition coefficient (Wildman–Crippen LogP) is 4.59. The van der Waals surface area contributed by atoms with Crippen molar-refractivity contribution in [3.05, 3.63) is 48.1 Å². The van der Waals surface area contributed by atoms with Crippen LogP contribution in [0.5, 0.6) is 17.4 Å². The third-order valence-corrected chi connectivity index (χ3v) is 4.38. The molecule has 0 radical (unpaired) electrons. The Morgan fingerprint density at radius 1 is 1.12 bits per heavy atom. The molecule has 3 heterocycles. The van der Waals surface area contributed by atoms with Crippen LogP contribution < -0.4 is 9.47 Å². The first-order chi connectivity index (χ1) is 11.7. The first-order valence-corrected chi connectivity index (χ1v) is 8.21. The van der Waals surface area contributed by atoms with Gasteiger partial charge in [0.1, 0.15) is 23.6 Å². The molecular weight excluding hydrogens is 304 g/mol. The van der Waals surface area contributed by atoms with E-state index in [0.717, 1.165) is 35.7 Å². The number of hydrogen-bond acceptors (Lipinski definition) is 4. The Morgan fingerprint density at radius 3 is 2.71 bits per heavy atom. The molecule has 5 nitrogen and oxygen atoms in total. The van der Waals surface area contributed by atoms with Crippen molar-refractivity contribution in [1.82, 2.24) is 9.55 Å². The number of fused-ring (bicyclic) bond motifs is 1. The molecule has 1 aliphatic heterocycles. The Hall–Kier alpha value is -2.69. The second-order valence-electron chi connectivity index (χ2n) is 6.00. The number of rotatable bonds is 4. The van der Waals surface area contributed by atoms with Gasteiger partial charge in [-0.05, 0) is 44.0 Å². The van der Waals surface area contributed by atoms with Crippen LogP contribution in [0.15, 0.2) is 41.0 Å². The van der Waals surface area contributed by atoms with E-state index in [0.29, 0.717) is 11.7 Å². The first-order valence-electron chi connectivity index (χ1n) is 8.21. The number of aryl methyl sites for hydroxylation is 2. The normalized spacial score (nSPS) is 13.6. The van der Waals surface area contributed by atoms with E-state index in [4.69, 9.17) is 18.9 Å². The third kappa shape index (κ3) is 2.66. The summed E-state index contributed by atoms with van der Waals surface area (Å²) in [7, 11) is 1.64. The van der Waals surface area contributed by atoms with Crippen LogP contribution in [0.2, 0.25) is 0 Å².